The second kappa shape index (κ2) is 13.4. The van der Waals surface area contributed by atoms with Crippen LogP contribution in [0.25, 0.3) is 11.0 Å². The number of carbonyl (C=O) groups is 3. The van der Waals surface area contributed by atoms with E-state index in [1.54, 1.807) is 6.20 Å². The molecule has 1 unspecified atom stereocenters. The highest BCUT2D eigenvalue weighted by molar-refractivity contribution is 6.05. The molecule has 2 aromatic rings. The minimum absolute atomic E-state index is 0.0947. The number of allylic oxidation sites excluding steroid dienone is 3. The lowest BCUT2D eigenvalue weighted by Gasteiger charge is -2.36. The molecule has 4 heterocycles. The number of piperidine rings is 2. The molecule has 2 N–H and O–H groups in total. The van der Waals surface area contributed by atoms with Crippen molar-refractivity contribution in [3.05, 3.63) is 46.4 Å². The van der Waals surface area contributed by atoms with Crippen molar-refractivity contribution in [3.63, 3.8) is 0 Å². The Labute approximate surface area is 243 Å². The van der Waals surface area contributed by atoms with Crippen LogP contribution >= 0.6 is 0 Å². The zero-order chi connectivity index (χ0) is 29.7. The lowest BCUT2D eigenvalue weighted by atomic mass is 9.90. The SMILES string of the molecule is C/C(=C/C(C)=C(\C)CNC(=O)c1cc(C2CCN(C(=O)C3CCCN(C)C3)CC2)nc2c1cnn2C(C)C)NC=O. The third kappa shape index (κ3) is 7.22. The van der Waals surface area contributed by atoms with E-state index in [1.807, 2.05) is 42.5 Å². The van der Waals surface area contributed by atoms with E-state index in [9.17, 15) is 14.4 Å². The minimum atomic E-state index is -0.171. The highest BCUT2D eigenvalue weighted by Gasteiger charge is 2.32. The molecule has 4 rings (SSSR count). The van der Waals surface area contributed by atoms with Crippen molar-refractivity contribution in [2.75, 3.05) is 39.8 Å². The Bertz CT molecular complexity index is 1330. The van der Waals surface area contributed by atoms with Crippen LogP contribution in [0, 0.1) is 5.92 Å². The molecule has 2 aliphatic heterocycles. The predicted molar refractivity (Wildman–Crippen MR) is 160 cm³/mol. The van der Waals surface area contributed by atoms with Crippen LogP contribution in [-0.4, -0.2) is 82.6 Å². The van der Waals surface area contributed by atoms with Gasteiger partial charge in [-0.05, 0) is 91.6 Å². The fourth-order valence-electron chi connectivity index (χ4n) is 5.86. The molecule has 0 aliphatic carbocycles. The number of amides is 3. The number of nitrogens with one attached hydrogen (secondary N) is 2. The largest absolute Gasteiger partial charge is 0.348 e. The van der Waals surface area contributed by atoms with E-state index in [4.69, 9.17) is 4.98 Å². The van der Waals surface area contributed by atoms with Crippen LogP contribution in [0.15, 0.2) is 35.2 Å². The molecular weight excluding hydrogens is 518 g/mol. The topological polar surface area (TPSA) is 112 Å². The molecule has 0 bridgehead atoms. The first-order valence-electron chi connectivity index (χ1n) is 14.8. The Morgan fingerprint density at radius 2 is 1.85 bits per heavy atom. The van der Waals surface area contributed by atoms with Gasteiger partial charge in [-0.1, -0.05) is 5.57 Å². The van der Waals surface area contributed by atoms with E-state index < -0.39 is 0 Å². The van der Waals surface area contributed by atoms with E-state index in [0.29, 0.717) is 37.3 Å². The first-order valence-corrected chi connectivity index (χ1v) is 14.8. The number of nitrogens with zero attached hydrogens (tertiary/aromatic N) is 5. The maximum atomic E-state index is 13.5. The van der Waals surface area contributed by atoms with Gasteiger partial charge in [-0.3, -0.25) is 14.4 Å². The van der Waals surface area contributed by atoms with Crippen LogP contribution in [0.3, 0.4) is 0 Å². The molecule has 41 heavy (non-hydrogen) atoms. The number of hydrogen-bond donors (Lipinski definition) is 2. The van der Waals surface area contributed by atoms with Gasteiger partial charge in [0.15, 0.2) is 5.65 Å². The molecule has 1 atom stereocenters. The van der Waals surface area contributed by atoms with Gasteiger partial charge in [0.1, 0.15) is 0 Å². The summed E-state index contributed by atoms with van der Waals surface area (Å²) in [6.07, 6.45) is 7.96. The summed E-state index contributed by atoms with van der Waals surface area (Å²) in [5.41, 5.74) is 4.88. The van der Waals surface area contributed by atoms with Crippen molar-refractivity contribution in [2.24, 2.45) is 5.92 Å². The summed E-state index contributed by atoms with van der Waals surface area (Å²) in [6.45, 7) is 13.6. The van der Waals surface area contributed by atoms with Crippen LogP contribution in [0.2, 0.25) is 0 Å². The van der Waals surface area contributed by atoms with Crippen molar-refractivity contribution < 1.29 is 14.4 Å². The van der Waals surface area contributed by atoms with E-state index >= 15 is 0 Å². The number of fused-ring (bicyclic) bond motifs is 1. The Morgan fingerprint density at radius 3 is 2.51 bits per heavy atom. The van der Waals surface area contributed by atoms with Gasteiger partial charge in [-0.25, -0.2) is 9.67 Å². The van der Waals surface area contributed by atoms with Gasteiger partial charge in [0.05, 0.1) is 23.1 Å². The van der Waals surface area contributed by atoms with Crippen molar-refractivity contribution >= 4 is 29.3 Å². The van der Waals surface area contributed by atoms with E-state index in [-0.39, 0.29) is 29.7 Å². The molecule has 0 aromatic carbocycles. The number of likely N-dealkylation sites (tertiary alicyclic amines) is 2. The van der Waals surface area contributed by atoms with E-state index in [2.05, 4.69) is 41.5 Å². The van der Waals surface area contributed by atoms with Crippen LogP contribution < -0.4 is 10.6 Å². The molecule has 2 fully saturated rings. The average molecular weight is 564 g/mol. The van der Waals surface area contributed by atoms with Gasteiger partial charge in [-0.15, -0.1) is 0 Å². The van der Waals surface area contributed by atoms with Crippen molar-refractivity contribution in [1.29, 1.82) is 0 Å². The van der Waals surface area contributed by atoms with Crippen LogP contribution in [0.1, 0.15) is 88.3 Å². The fraction of sp³-hybridized carbons (Fsp3) is 0.581. The van der Waals surface area contributed by atoms with Gasteiger partial charge in [0, 0.05) is 49.5 Å². The molecular formula is C31H45N7O3. The summed E-state index contributed by atoms with van der Waals surface area (Å²) in [6, 6.07) is 2.02. The lowest BCUT2D eigenvalue weighted by Crippen LogP contribution is -2.46. The molecule has 3 amide bonds. The molecule has 0 radical (unpaired) electrons. The Balaban J connectivity index is 1.52. The maximum absolute atomic E-state index is 13.5. The van der Waals surface area contributed by atoms with Crippen LogP contribution in [0.5, 0.6) is 0 Å². The zero-order valence-corrected chi connectivity index (χ0v) is 25.4. The van der Waals surface area contributed by atoms with Crippen LogP contribution in [-0.2, 0) is 9.59 Å². The zero-order valence-electron chi connectivity index (χ0n) is 25.4. The lowest BCUT2D eigenvalue weighted by molar-refractivity contribution is -0.138. The van der Waals surface area contributed by atoms with Crippen LogP contribution in [0.4, 0.5) is 0 Å². The Hall–Kier alpha value is -3.53. The molecule has 2 saturated heterocycles. The fourth-order valence-corrected chi connectivity index (χ4v) is 5.86. The summed E-state index contributed by atoms with van der Waals surface area (Å²) >= 11 is 0. The number of hydrogen-bond acceptors (Lipinski definition) is 6. The van der Waals surface area contributed by atoms with Gasteiger partial charge < -0.3 is 20.4 Å². The van der Waals surface area contributed by atoms with Gasteiger partial charge in [-0.2, -0.15) is 5.10 Å². The molecule has 0 spiro atoms. The average Bonchev–Trinajstić information content (AvgIpc) is 3.39. The summed E-state index contributed by atoms with van der Waals surface area (Å²) < 4.78 is 1.87. The molecule has 2 aromatic heterocycles. The molecule has 2 aliphatic rings. The summed E-state index contributed by atoms with van der Waals surface area (Å²) in [5, 5.41) is 11.0. The monoisotopic (exact) mass is 563 g/mol. The normalized spacial score (nSPS) is 19.8. The molecule has 10 heteroatoms. The standard InChI is InChI=1S/C31H45N7O3/c1-20(2)38-29-27(17-34-38)26(30(40)32-16-22(4)21(3)14-23(5)33-19-39)15-28(35-29)24-9-12-37(13-10-24)31(41)25-8-7-11-36(6)18-25/h14-15,17,19-20,24-25H,7-13,16,18H2,1-6H3,(H,32,40)(H,33,39)/b22-21+,23-14-. The highest BCUT2D eigenvalue weighted by Crippen LogP contribution is 2.32. The molecule has 0 saturated carbocycles. The second-order valence-corrected chi connectivity index (χ2v) is 12.0. The summed E-state index contributed by atoms with van der Waals surface area (Å²) in [7, 11) is 2.09. The Morgan fingerprint density at radius 1 is 1.12 bits per heavy atom. The minimum Gasteiger partial charge on any atom is -0.348 e. The first kappa shape index (κ1) is 30.4. The molecule has 222 valence electrons. The second-order valence-electron chi connectivity index (χ2n) is 12.0. The Kier molecular flexibility index (Phi) is 9.96. The number of carbonyl (C=O) groups excluding carboxylic acids is 3. The van der Waals surface area contributed by atoms with Crippen molar-refractivity contribution in [3.8, 4) is 0 Å². The number of rotatable bonds is 9. The van der Waals surface area contributed by atoms with Crippen molar-refractivity contribution in [1.82, 2.24) is 35.2 Å². The van der Waals surface area contributed by atoms with Gasteiger partial charge in [0.25, 0.3) is 5.91 Å². The number of pyridine rings is 1. The number of aromatic nitrogens is 3. The molecule has 10 nitrogen and oxygen atoms in total. The van der Waals surface area contributed by atoms with Crippen molar-refractivity contribution in [2.45, 2.75) is 72.3 Å². The van der Waals surface area contributed by atoms with E-state index in [0.717, 1.165) is 66.7 Å². The summed E-state index contributed by atoms with van der Waals surface area (Å²) in [5.74, 6) is 0.371. The maximum Gasteiger partial charge on any atom is 0.252 e. The quantitative estimate of drug-likeness (QED) is 0.355. The van der Waals surface area contributed by atoms with E-state index in [1.165, 1.54) is 0 Å². The summed E-state index contributed by atoms with van der Waals surface area (Å²) in [4.78, 5) is 46.7. The smallest absolute Gasteiger partial charge is 0.252 e. The first-order chi connectivity index (χ1) is 19.6. The van der Waals surface area contributed by atoms with Gasteiger partial charge >= 0.3 is 0 Å². The highest BCUT2D eigenvalue weighted by atomic mass is 16.2. The van der Waals surface area contributed by atoms with Gasteiger partial charge in [0.2, 0.25) is 12.3 Å². The third-order valence-corrected chi connectivity index (χ3v) is 8.43. The third-order valence-electron chi connectivity index (χ3n) is 8.43. The predicted octanol–water partition coefficient (Wildman–Crippen LogP) is 3.78.